The highest BCUT2D eigenvalue weighted by molar-refractivity contribution is 7.91. The molecule has 0 radical (unpaired) electrons. The minimum atomic E-state index is -4.58. The van der Waals surface area contributed by atoms with Gasteiger partial charge in [-0.1, -0.05) is 38.3 Å². The van der Waals surface area contributed by atoms with Crippen LogP contribution in [0, 0.1) is 5.41 Å². The molecule has 0 aromatic heterocycles. The van der Waals surface area contributed by atoms with Crippen molar-refractivity contribution in [3.8, 4) is 0 Å². The highest BCUT2D eigenvalue weighted by Gasteiger charge is 2.30. The molecule has 0 heterocycles. The maximum absolute atomic E-state index is 12.7. The molecule has 0 bridgehead atoms. The van der Waals surface area contributed by atoms with Crippen molar-refractivity contribution in [2.45, 2.75) is 49.7 Å². The predicted molar refractivity (Wildman–Crippen MR) is 79.3 cm³/mol. The van der Waals surface area contributed by atoms with E-state index in [-0.39, 0.29) is 16.0 Å². The maximum atomic E-state index is 12.7. The molecule has 1 aromatic carbocycles. The number of halogens is 2. The SMILES string of the molecule is CC1(CNc2ccccc2S(=O)(=O)C(F)F)CCCCC1. The van der Waals surface area contributed by atoms with Crippen LogP contribution in [-0.2, 0) is 9.84 Å². The van der Waals surface area contributed by atoms with E-state index in [2.05, 4.69) is 12.2 Å². The second-order valence-electron chi connectivity index (χ2n) is 6.03. The summed E-state index contributed by atoms with van der Waals surface area (Å²) in [7, 11) is -4.58. The summed E-state index contributed by atoms with van der Waals surface area (Å²) in [5, 5.41) is 3.07. The number of rotatable bonds is 5. The summed E-state index contributed by atoms with van der Waals surface area (Å²) in [5.41, 5.74) is 0.365. The Balaban J connectivity index is 2.18. The zero-order chi connectivity index (χ0) is 15.5. The van der Waals surface area contributed by atoms with Crippen molar-refractivity contribution >= 4 is 15.5 Å². The normalized spacial score (nSPS) is 18.7. The molecule has 1 fully saturated rings. The lowest BCUT2D eigenvalue weighted by Gasteiger charge is -2.34. The van der Waals surface area contributed by atoms with E-state index in [9.17, 15) is 17.2 Å². The van der Waals surface area contributed by atoms with Crippen LogP contribution in [0.4, 0.5) is 14.5 Å². The summed E-state index contributed by atoms with van der Waals surface area (Å²) in [4.78, 5) is -0.320. The first-order chi connectivity index (χ1) is 9.85. The summed E-state index contributed by atoms with van der Waals surface area (Å²) in [5.74, 6) is -3.40. The molecular formula is C15H21F2NO2S. The minimum Gasteiger partial charge on any atom is -0.383 e. The molecule has 21 heavy (non-hydrogen) atoms. The molecular weight excluding hydrogens is 296 g/mol. The van der Waals surface area contributed by atoms with E-state index in [1.54, 1.807) is 12.1 Å². The lowest BCUT2D eigenvalue weighted by atomic mass is 9.76. The lowest BCUT2D eigenvalue weighted by molar-refractivity contribution is 0.232. The molecule has 3 nitrogen and oxygen atoms in total. The van der Waals surface area contributed by atoms with Gasteiger partial charge in [-0.25, -0.2) is 8.42 Å². The number of hydrogen-bond donors (Lipinski definition) is 1. The average Bonchev–Trinajstić information content (AvgIpc) is 2.46. The molecule has 1 aromatic rings. The van der Waals surface area contributed by atoms with Crippen LogP contribution in [0.1, 0.15) is 39.0 Å². The van der Waals surface area contributed by atoms with Crippen molar-refractivity contribution in [3.05, 3.63) is 24.3 Å². The van der Waals surface area contributed by atoms with Crippen molar-refractivity contribution in [2.24, 2.45) is 5.41 Å². The third-order valence-corrected chi connectivity index (χ3v) is 5.63. The van der Waals surface area contributed by atoms with Gasteiger partial charge in [0, 0.05) is 6.54 Å². The van der Waals surface area contributed by atoms with Crippen molar-refractivity contribution in [3.63, 3.8) is 0 Å². The quantitative estimate of drug-likeness (QED) is 0.890. The van der Waals surface area contributed by atoms with Crippen LogP contribution in [0.3, 0.4) is 0 Å². The second kappa shape index (κ2) is 6.30. The number of alkyl halides is 2. The van der Waals surface area contributed by atoms with E-state index in [1.807, 2.05) is 0 Å². The molecule has 6 heteroatoms. The maximum Gasteiger partial charge on any atom is 0.341 e. The molecule has 1 aliphatic carbocycles. The third-order valence-electron chi connectivity index (χ3n) is 4.19. The monoisotopic (exact) mass is 317 g/mol. The summed E-state index contributed by atoms with van der Waals surface area (Å²) in [6.07, 6.45) is 5.70. The van der Waals surface area contributed by atoms with Crippen LogP contribution in [-0.4, -0.2) is 20.7 Å². The topological polar surface area (TPSA) is 46.2 Å². The number of nitrogens with one attached hydrogen (secondary N) is 1. The van der Waals surface area contributed by atoms with Gasteiger partial charge in [0.25, 0.3) is 0 Å². The third kappa shape index (κ3) is 3.73. The highest BCUT2D eigenvalue weighted by Crippen LogP contribution is 2.36. The van der Waals surface area contributed by atoms with E-state index in [4.69, 9.17) is 0 Å². The zero-order valence-corrected chi connectivity index (χ0v) is 12.9. The minimum absolute atomic E-state index is 0.0972. The smallest absolute Gasteiger partial charge is 0.341 e. The summed E-state index contributed by atoms with van der Waals surface area (Å²) in [6, 6.07) is 5.88. The molecule has 0 spiro atoms. The van der Waals surface area contributed by atoms with Crippen molar-refractivity contribution in [2.75, 3.05) is 11.9 Å². The molecule has 0 atom stereocenters. The van der Waals surface area contributed by atoms with E-state index in [1.165, 1.54) is 18.6 Å². The molecule has 0 unspecified atom stereocenters. The number of hydrogen-bond acceptors (Lipinski definition) is 3. The largest absolute Gasteiger partial charge is 0.383 e. The van der Waals surface area contributed by atoms with Gasteiger partial charge >= 0.3 is 5.76 Å². The van der Waals surface area contributed by atoms with E-state index in [0.717, 1.165) is 25.7 Å². The Morgan fingerprint density at radius 2 is 1.81 bits per heavy atom. The van der Waals surface area contributed by atoms with E-state index >= 15 is 0 Å². The van der Waals surface area contributed by atoms with Gasteiger partial charge in [-0.3, -0.25) is 0 Å². The summed E-state index contributed by atoms with van der Waals surface area (Å²) >= 11 is 0. The molecule has 1 saturated carbocycles. The Labute approximate surface area is 124 Å². The van der Waals surface area contributed by atoms with Gasteiger partial charge < -0.3 is 5.32 Å². The Hall–Kier alpha value is -1.17. The van der Waals surface area contributed by atoms with Gasteiger partial charge in [-0.2, -0.15) is 8.78 Å². The first kappa shape index (κ1) is 16.2. The number of benzene rings is 1. The standard InChI is InChI=1S/C15H21F2NO2S/c1-15(9-5-2-6-10-15)11-18-12-7-3-4-8-13(12)21(19,20)14(16)17/h3-4,7-8,14,18H,2,5-6,9-11H2,1H3. The Kier molecular flexibility index (Phi) is 4.86. The van der Waals surface area contributed by atoms with Crippen LogP contribution in [0.15, 0.2) is 29.2 Å². The van der Waals surface area contributed by atoms with Crippen LogP contribution < -0.4 is 5.32 Å². The van der Waals surface area contributed by atoms with Gasteiger partial charge in [0.05, 0.1) is 10.6 Å². The molecule has 1 N–H and O–H groups in total. The van der Waals surface area contributed by atoms with Crippen molar-refractivity contribution in [1.29, 1.82) is 0 Å². The molecule has 0 saturated heterocycles. The average molecular weight is 317 g/mol. The first-order valence-electron chi connectivity index (χ1n) is 7.20. The van der Waals surface area contributed by atoms with Gasteiger partial charge in [-0.15, -0.1) is 0 Å². The van der Waals surface area contributed by atoms with Gasteiger partial charge in [-0.05, 0) is 30.4 Å². The van der Waals surface area contributed by atoms with Crippen LogP contribution in [0.25, 0.3) is 0 Å². The highest BCUT2D eigenvalue weighted by atomic mass is 32.2. The van der Waals surface area contributed by atoms with Gasteiger partial charge in [0.2, 0.25) is 9.84 Å². The number of anilines is 1. The van der Waals surface area contributed by atoms with Crippen LogP contribution >= 0.6 is 0 Å². The van der Waals surface area contributed by atoms with Gasteiger partial charge in [0.1, 0.15) is 0 Å². The van der Waals surface area contributed by atoms with Crippen LogP contribution in [0.5, 0.6) is 0 Å². The number of sulfone groups is 1. The predicted octanol–water partition coefficient (Wildman–Crippen LogP) is 4.07. The zero-order valence-electron chi connectivity index (χ0n) is 12.1. The molecule has 0 amide bonds. The molecule has 0 aliphatic heterocycles. The first-order valence-corrected chi connectivity index (χ1v) is 8.75. The molecule has 118 valence electrons. The van der Waals surface area contributed by atoms with Crippen molar-refractivity contribution in [1.82, 2.24) is 0 Å². The fourth-order valence-corrected chi connectivity index (χ4v) is 3.75. The Morgan fingerprint density at radius 1 is 1.19 bits per heavy atom. The lowest BCUT2D eigenvalue weighted by Crippen LogP contribution is -2.29. The fraction of sp³-hybridized carbons (Fsp3) is 0.600. The van der Waals surface area contributed by atoms with E-state index < -0.39 is 15.6 Å². The molecule has 2 rings (SSSR count). The van der Waals surface area contributed by atoms with Crippen LogP contribution in [0.2, 0.25) is 0 Å². The van der Waals surface area contributed by atoms with Gasteiger partial charge in [0.15, 0.2) is 0 Å². The fourth-order valence-electron chi connectivity index (χ4n) is 2.85. The summed E-state index contributed by atoms with van der Waals surface area (Å²) < 4.78 is 48.9. The number of para-hydroxylation sites is 1. The summed E-state index contributed by atoms with van der Waals surface area (Å²) in [6.45, 7) is 2.76. The Morgan fingerprint density at radius 3 is 2.43 bits per heavy atom. The second-order valence-corrected chi connectivity index (χ2v) is 7.91. The Bertz CT molecular complexity index is 581. The van der Waals surface area contributed by atoms with E-state index in [0.29, 0.717) is 6.54 Å². The van der Waals surface area contributed by atoms with Crippen molar-refractivity contribution < 1.29 is 17.2 Å². The molecule has 1 aliphatic rings.